The highest BCUT2D eigenvalue weighted by Gasteiger charge is 2.22. The second kappa shape index (κ2) is 4.73. The number of hydrogen-bond acceptors (Lipinski definition) is 3. The third-order valence-corrected chi connectivity index (χ3v) is 2.82. The second-order valence-electron chi connectivity index (χ2n) is 4.50. The molecule has 0 saturated heterocycles. The summed E-state index contributed by atoms with van der Waals surface area (Å²) in [5, 5.41) is 0. The van der Waals surface area contributed by atoms with Crippen LogP contribution in [0.4, 0.5) is 0 Å². The van der Waals surface area contributed by atoms with Crippen LogP contribution in [0.1, 0.15) is 24.1 Å². The Kier molecular flexibility index (Phi) is 3.34. The topological polar surface area (TPSA) is 42.1 Å². The molecule has 1 saturated carbocycles. The lowest BCUT2D eigenvalue weighted by atomic mass is 10.2. The first-order chi connectivity index (χ1) is 7.28. The van der Waals surface area contributed by atoms with E-state index in [1.54, 1.807) is 0 Å². The number of pyridine rings is 1. The zero-order chi connectivity index (χ0) is 10.7. The van der Waals surface area contributed by atoms with Gasteiger partial charge in [0.1, 0.15) is 0 Å². The Morgan fingerprint density at radius 2 is 2.27 bits per heavy atom. The summed E-state index contributed by atoms with van der Waals surface area (Å²) in [5.41, 5.74) is 7.76. The fourth-order valence-corrected chi connectivity index (χ4v) is 1.75. The summed E-state index contributed by atoms with van der Waals surface area (Å²) < 4.78 is 0. The maximum absolute atomic E-state index is 5.52. The fourth-order valence-electron chi connectivity index (χ4n) is 1.75. The van der Waals surface area contributed by atoms with Gasteiger partial charge in [0.05, 0.1) is 5.69 Å². The van der Waals surface area contributed by atoms with E-state index in [1.807, 2.05) is 6.20 Å². The second-order valence-corrected chi connectivity index (χ2v) is 4.50. The molecule has 3 heteroatoms. The number of nitrogens with two attached hydrogens (primary N) is 1. The lowest BCUT2D eigenvalue weighted by Crippen LogP contribution is -2.21. The molecule has 15 heavy (non-hydrogen) atoms. The predicted octanol–water partition coefficient (Wildman–Crippen LogP) is 1.38. The van der Waals surface area contributed by atoms with E-state index in [9.17, 15) is 0 Å². The van der Waals surface area contributed by atoms with Gasteiger partial charge in [-0.15, -0.1) is 0 Å². The SMILES string of the molecule is CN(Cc1ccc(CN)cn1)CC1CC1. The highest BCUT2D eigenvalue weighted by molar-refractivity contribution is 5.13. The van der Waals surface area contributed by atoms with Gasteiger partial charge in [0.25, 0.3) is 0 Å². The molecule has 0 amide bonds. The van der Waals surface area contributed by atoms with Crippen LogP contribution in [0.2, 0.25) is 0 Å². The maximum Gasteiger partial charge on any atom is 0.0544 e. The molecule has 0 spiro atoms. The smallest absolute Gasteiger partial charge is 0.0544 e. The van der Waals surface area contributed by atoms with Crippen LogP contribution in [0.15, 0.2) is 18.3 Å². The Hall–Kier alpha value is -0.930. The highest BCUT2D eigenvalue weighted by atomic mass is 15.1. The Bertz CT molecular complexity index is 303. The van der Waals surface area contributed by atoms with Gasteiger partial charge in [0.15, 0.2) is 0 Å². The summed E-state index contributed by atoms with van der Waals surface area (Å²) in [4.78, 5) is 6.74. The van der Waals surface area contributed by atoms with Crippen LogP contribution in [0, 0.1) is 5.92 Å². The van der Waals surface area contributed by atoms with Crippen LogP contribution in [-0.2, 0) is 13.1 Å². The van der Waals surface area contributed by atoms with Crippen molar-refractivity contribution in [2.24, 2.45) is 11.7 Å². The summed E-state index contributed by atoms with van der Waals surface area (Å²) >= 11 is 0. The van der Waals surface area contributed by atoms with Crippen LogP contribution < -0.4 is 5.73 Å². The molecule has 1 heterocycles. The Morgan fingerprint density at radius 1 is 1.47 bits per heavy atom. The van der Waals surface area contributed by atoms with E-state index >= 15 is 0 Å². The van der Waals surface area contributed by atoms with E-state index < -0.39 is 0 Å². The molecule has 0 atom stereocenters. The highest BCUT2D eigenvalue weighted by Crippen LogP contribution is 2.29. The van der Waals surface area contributed by atoms with Crippen molar-refractivity contribution in [3.63, 3.8) is 0 Å². The van der Waals surface area contributed by atoms with Crippen molar-refractivity contribution in [1.29, 1.82) is 0 Å². The summed E-state index contributed by atoms with van der Waals surface area (Å²) in [6, 6.07) is 4.14. The van der Waals surface area contributed by atoms with Crippen LogP contribution in [0.3, 0.4) is 0 Å². The number of aromatic nitrogens is 1. The molecule has 1 aliphatic rings. The van der Waals surface area contributed by atoms with Gasteiger partial charge in [-0.3, -0.25) is 4.98 Å². The number of rotatable bonds is 5. The fraction of sp³-hybridized carbons (Fsp3) is 0.583. The van der Waals surface area contributed by atoms with Gasteiger partial charge < -0.3 is 10.6 Å². The van der Waals surface area contributed by atoms with E-state index in [4.69, 9.17) is 5.73 Å². The lowest BCUT2D eigenvalue weighted by molar-refractivity contribution is 0.309. The minimum absolute atomic E-state index is 0.575. The van der Waals surface area contributed by atoms with E-state index in [-0.39, 0.29) is 0 Å². The Morgan fingerprint density at radius 3 is 2.80 bits per heavy atom. The molecule has 2 rings (SSSR count). The van der Waals surface area contributed by atoms with Gasteiger partial charge in [-0.2, -0.15) is 0 Å². The standard InChI is InChI=1S/C12H19N3/c1-15(8-10-2-3-10)9-12-5-4-11(6-13)7-14-12/h4-5,7,10H,2-3,6,8-9,13H2,1H3. The van der Waals surface area contributed by atoms with Gasteiger partial charge in [-0.25, -0.2) is 0 Å². The largest absolute Gasteiger partial charge is 0.326 e. The number of nitrogens with zero attached hydrogens (tertiary/aromatic N) is 2. The molecule has 0 aliphatic heterocycles. The van der Waals surface area contributed by atoms with Gasteiger partial charge in [-0.1, -0.05) is 6.07 Å². The van der Waals surface area contributed by atoms with Crippen LogP contribution in [0.25, 0.3) is 0 Å². The molecule has 1 fully saturated rings. The third-order valence-electron chi connectivity index (χ3n) is 2.82. The lowest BCUT2D eigenvalue weighted by Gasteiger charge is -2.15. The number of hydrogen-bond donors (Lipinski definition) is 1. The van der Waals surface area contributed by atoms with Gasteiger partial charge in [-0.05, 0) is 37.4 Å². The summed E-state index contributed by atoms with van der Waals surface area (Å²) in [5.74, 6) is 0.943. The van der Waals surface area contributed by atoms with Gasteiger partial charge >= 0.3 is 0 Å². The molecule has 0 radical (unpaired) electrons. The molecule has 3 nitrogen and oxygen atoms in total. The molecular formula is C12H19N3. The molecule has 0 aromatic carbocycles. The van der Waals surface area contributed by atoms with E-state index in [0.717, 1.165) is 23.7 Å². The zero-order valence-electron chi connectivity index (χ0n) is 9.32. The molecule has 0 unspecified atom stereocenters. The zero-order valence-corrected chi connectivity index (χ0v) is 9.32. The minimum Gasteiger partial charge on any atom is -0.326 e. The van der Waals surface area contributed by atoms with Crippen molar-refractivity contribution in [3.8, 4) is 0 Å². The van der Waals surface area contributed by atoms with Crippen molar-refractivity contribution in [3.05, 3.63) is 29.6 Å². The Balaban J connectivity index is 1.85. The quantitative estimate of drug-likeness (QED) is 0.789. The minimum atomic E-state index is 0.575. The molecule has 82 valence electrons. The molecule has 1 aromatic heterocycles. The van der Waals surface area contributed by atoms with E-state index in [1.165, 1.54) is 19.4 Å². The van der Waals surface area contributed by atoms with Crippen molar-refractivity contribution in [2.75, 3.05) is 13.6 Å². The van der Waals surface area contributed by atoms with E-state index in [2.05, 4.69) is 29.1 Å². The molecule has 1 aliphatic carbocycles. The first-order valence-corrected chi connectivity index (χ1v) is 5.60. The normalized spacial score (nSPS) is 15.9. The van der Waals surface area contributed by atoms with Crippen molar-refractivity contribution in [2.45, 2.75) is 25.9 Å². The average Bonchev–Trinajstić information content (AvgIpc) is 3.03. The summed E-state index contributed by atoms with van der Waals surface area (Å²) in [6.07, 6.45) is 4.69. The van der Waals surface area contributed by atoms with Crippen LogP contribution in [0.5, 0.6) is 0 Å². The maximum atomic E-state index is 5.52. The van der Waals surface area contributed by atoms with Crippen molar-refractivity contribution >= 4 is 0 Å². The summed E-state index contributed by atoms with van der Waals surface area (Å²) in [7, 11) is 2.16. The first kappa shape index (κ1) is 10.6. The van der Waals surface area contributed by atoms with Gasteiger partial charge in [0.2, 0.25) is 0 Å². The first-order valence-electron chi connectivity index (χ1n) is 5.60. The predicted molar refractivity (Wildman–Crippen MR) is 61.2 cm³/mol. The van der Waals surface area contributed by atoms with Crippen LogP contribution >= 0.6 is 0 Å². The summed E-state index contributed by atoms with van der Waals surface area (Å²) in [6.45, 7) is 2.73. The van der Waals surface area contributed by atoms with Crippen molar-refractivity contribution < 1.29 is 0 Å². The molecule has 0 bridgehead atoms. The van der Waals surface area contributed by atoms with Crippen LogP contribution in [-0.4, -0.2) is 23.5 Å². The monoisotopic (exact) mass is 205 g/mol. The molecule has 1 aromatic rings. The van der Waals surface area contributed by atoms with Crippen molar-refractivity contribution in [1.82, 2.24) is 9.88 Å². The van der Waals surface area contributed by atoms with Gasteiger partial charge in [0, 0.05) is 25.8 Å². The van der Waals surface area contributed by atoms with E-state index in [0.29, 0.717) is 6.54 Å². The third kappa shape index (κ3) is 3.29. The molecule has 2 N–H and O–H groups in total. The average molecular weight is 205 g/mol. The Labute approximate surface area is 91.3 Å². The molecular weight excluding hydrogens is 186 g/mol.